The summed E-state index contributed by atoms with van der Waals surface area (Å²) in [5.41, 5.74) is 0.996. The number of aromatic nitrogens is 5. The zero-order valence-corrected chi connectivity index (χ0v) is 12.3. The van der Waals surface area contributed by atoms with Crippen molar-refractivity contribution in [3.63, 3.8) is 0 Å². The lowest BCUT2D eigenvalue weighted by molar-refractivity contribution is 0.723. The van der Waals surface area contributed by atoms with Crippen molar-refractivity contribution in [1.29, 1.82) is 0 Å². The number of anilines is 1. The summed E-state index contributed by atoms with van der Waals surface area (Å²) < 4.78 is 3.03. The predicted octanol–water partition coefficient (Wildman–Crippen LogP) is 1.27. The summed E-state index contributed by atoms with van der Waals surface area (Å²) in [6.45, 7) is 0.255. The highest BCUT2D eigenvalue weighted by Gasteiger charge is 2.10. The van der Waals surface area contributed by atoms with E-state index in [0.29, 0.717) is 27.6 Å². The second kappa shape index (κ2) is 5.17. The number of nitrogens with one attached hydrogen (secondary N) is 1. The summed E-state index contributed by atoms with van der Waals surface area (Å²) in [5, 5.41) is 7.96. The summed E-state index contributed by atoms with van der Waals surface area (Å²) in [5.74, 6) is 0.692. The second-order valence-electron chi connectivity index (χ2n) is 4.56. The first-order valence-electron chi connectivity index (χ1n) is 6.30. The third-order valence-corrected chi connectivity index (χ3v) is 3.56. The molecule has 108 valence electrons. The maximum Gasteiger partial charge on any atom is 0.264 e. The molecule has 3 aromatic heterocycles. The van der Waals surface area contributed by atoms with E-state index in [0.717, 1.165) is 0 Å². The SMILES string of the molecule is CNc1ccc(Cl)c(Cn2cnc3c(cnn3C)c2=O)n1. The molecule has 3 heterocycles. The number of nitrogens with zero attached hydrogens (tertiary/aromatic N) is 5. The molecule has 0 aromatic carbocycles. The highest BCUT2D eigenvalue weighted by molar-refractivity contribution is 6.31. The molecule has 3 aromatic rings. The van der Waals surface area contributed by atoms with Crippen molar-refractivity contribution in [1.82, 2.24) is 24.3 Å². The van der Waals surface area contributed by atoms with Gasteiger partial charge in [-0.3, -0.25) is 14.0 Å². The van der Waals surface area contributed by atoms with E-state index in [-0.39, 0.29) is 12.1 Å². The maximum absolute atomic E-state index is 12.4. The van der Waals surface area contributed by atoms with Gasteiger partial charge in [-0.15, -0.1) is 0 Å². The number of hydrogen-bond donors (Lipinski definition) is 1. The second-order valence-corrected chi connectivity index (χ2v) is 4.97. The molecule has 0 unspecified atom stereocenters. The van der Waals surface area contributed by atoms with Crippen molar-refractivity contribution in [2.75, 3.05) is 12.4 Å². The molecule has 1 N–H and O–H groups in total. The average molecular weight is 305 g/mol. The summed E-state index contributed by atoms with van der Waals surface area (Å²) in [6.07, 6.45) is 3.00. The third-order valence-electron chi connectivity index (χ3n) is 3.21. The molecule has 0 saturated heterocycles. The zero-order chi connectivity index (χ0) is 15.0. The van der Waals surface area contributed by atoms with Crippen LogP contribution in [0.2, 0.25) is 5.02 Å². The van der Waals surface area contributed by atoms with Crippen molar-refractivity contribution >= 4 is 28.5 Å². The standard InChI is InChI=1S/C13H13ClN6O/c1-15-11-4-3-9(14)10(18-11)6-20-7-16-12-8(13(20)21)5-17-19(12)2/h3-5,7H,6H2,1-2H3,(H,15,18). The first-order chi connectivity index (χ1) is 10.1. The van der Waals surface area contributed by atoms with Gasteiger partial charge in [0.1, 0.15) is 17.5 Å². The third kappa shape index (κ3) is 2.36. The van der Waals surface area contributed by atoms with Crippen LogP contribution in [0.3, 0.4) is 0 Å². The minimum Gasteiger partial charge on any atom is -0.373 e. The van der Waals surface area contributed by atoms with Gasteiger partial charge in [0.15, 0.2) is 5.65 Å². The van der Waals surface area contributed by atoms with Gasteiger partial charge in [-0.2, -0.15) is 5.10 Å². The molecule has 0 aliphatic rings. The van der Waals surface area contributed by atoms with Gasteiger partial charge in [-0.25, -0.2) is 9.97 Å². The van der Waals surface area contributed by atoms with E-state index in [2.05, 4.69) is 20.4 Å². The minimum absolute atomic E-state index is 0.166. The normalized spacial score (nSPS) is 11.0. The minimum atomic E-state index is -0.166. The van der Waals surface area contributed by atoms with Crippen molar-refractivity contribution in [3.8, 4) is 0 Å². The fourth-order valence-corrected chi connectivity index (χ4v) is 2.24. The average Bonchev–Trinajstić information content (AvgIpc) is 2.86. The fourth-order valence-electron chi connectivity index (χ4n) is 2.08. The summed E-state index contributed by atoms with van der Waals surface area (Å²) in [4.78, 5) is 21.0. The number of hydrogen-bond acceptors (Lipinski definition) is 5. The first-order valence-corrected chi connectivity index (χ1v) is 6.68. The lowest BCUT2D eigenvalue weighted by Crippen LogP contribution is -2.21. The Morgan fingerprint density at radius 2 is 2.19 bits per heavy atom. The molecule has 0 spiro atoms. The van der Waals surface area contributed by atoms with Crippen molar-refractivity contribution in [3.05, 3.63) is 45.7 Å². The number of halogens is 1. The molecule has 7 nitrogen and oxygen atoms in total. The smallest absolute Gasteiger partial charge is 0.264 e. The van der Waals surface area contributed by atoms with Gasteiger partial charge in [0.25, 0.3) is 5.56 Å². The molecule has 0 radical (unpaired) electrons. The molecule has 0 amide bonds. The Hall–Kier alpha value is -2.41. The van der Waals surface area contributed by atoms with Crippen molar-refractivity contribution < 1.29 is 0 Å². The van der Waals surface area contributed by atoms with Gasteiger partial charge in [0, 0.05) is 14.1 Å². The van der Waals surface area contributed by atoms with E-state index < -0.39 is 0 Å². The van der Waals surface area contributed by atoms with Crippen molar-refractivity contribution in [2.45, 2.75) is 6.54 Å². The lowest BCUT2D eigenvalue weighted by atomic mass is 10.3. The Bertz CT molecular complexity index is 869. The molecular weight excluding hydrogens is 292 g/mol. The van der Waals surface area contributed by atoms with Crippen LogP contribution in [0.4, 0.5) is 5.82 Å². The predicted molar refractivity (Wildman–Crippen MR) is 80.7 cm³/mol. The van der Waals surface area contributed by atoms with Gasteiger partial charge in [-0.1, -0.05) is 11.6 Å². The van der Waals surface area contributed by atoms with Gasteiger partial charge in [0.05, 0.1) is 23.5 Å². The number of rotatable bonds is 3. The van der Waals surface area contributed by atoms with Gasteiger partial charge < -0.3 is 5.32 Å². The van der Waals surface area contributed by atoms with Crippen LogP contribution in [0.1, 0.15) is 5.69 Å². The van der Waals surface area contributed by atoms with Crippen LogP contribution in [0.25, 0.3) is 11.0 Å². The topological polar surface area (TPSA) is 77.6 Å². The van der Waals surface area contributed by atoms with Crippen LogP contribution in [0.15, 0.2) is 29.5 Å². The highest BCUT2D eigenvalue weighted by atomic mass is 35.5. The van der Waals surface area contributed by atoms with Crippen molar-refractivity contribution in [2.24, 2.45) is 7.05 Å². The van der Waals surface area contributed by atoms with Crippen LogP contribution in [0.5, 0.6) is 0 Å². The summed E-state index contributed by atoms with van der Waals surface area (Å²) in [6, 6.07) is 3.52. The van der Waals surface area contributed by atoms with Crippen LogP contribution >= 0.6 is 11.6 Å². The van der Waals surface area contributed by atoms with Crippen LogP contribution in [0, 0.1) is 0 Å². The molecular formula is C13H13ClN6O. The molecule has 8 heteroatoms. The molecule has 0 bridgehead atoms. The van der Waals surface area contributed by atoms with E-state index in [1.807, 2.05) is 0 Å². The van der Waals surface area contributed by atoms with E-state index in [1.54, 1.807) is 30.9 Å². The summed E-state index contributed by atoms with van der Waals surface area (Å²) in [7, 11) is 3.52. The molecule has 0 saturated carbocycles. The Morgan fingerprint density at radius 1 is 1.38 bits per heavy atom. The number of pyridine rings is 1. The molecule has 3 rings (SSSR count). The maximum atomic E-state index is 12.4. The van der Waals surface area contributed by atoms with Crippen LogP contribution in [-0.2, 0) is 13.6 Å². The lowest BCUT2D eigenvalue weighted by Gasteiger charge is -2.08. The quantitative estimate of drug-likeness (QED) is 0.788. The molecule has 0 aliphatic heterocycles. The molecule has 0 fully saturated rings. The van der Waals surface area contributed by atoms with Crippen LogP contribution in [-0.4, -0.2) is 31.4 Å². The Morgan fingerprint density at radius 3 is 2.95 bits per heavy atom. The zero-order valence-electron chi connectivity index (χ0n) is 11.5. The Labute approximate surface area is 125 Å². The van der Waals surface area contributed by atoms with E-state index in [1.165, 1.54) is 17.1 Å². The van der Waals surface area contributed by atoms with E-state index in [9.17, 15) is 4.79 Å². The Balaban J connectivity index is 2.06. The summed E-state index contributed by atoms with van der Waals surface area (Å²) >= 11 is 6.14. The monoisotopic (exact) mass is 304 g/mol. The van der Waals surface area contributed by atoms with Gasteiger partial charge in [-0.05, 0) is 12.1 Å². The molecule has 0 atom stereocenters. The van der Waals surface area contributed by atoms with E-state index >= 15 is 0 Å². The van der Waals surface area contributed by atoms with Gasteiger partial charge in [0.2, 0.25) is 0 Å². The van der Waals surface area contributed by atoms with Crippen LogP contribution < -0.4 is 10.9 Å². The first kappa shape index (κ1) is 13.6. The fraction of sp³-hybridized carbons (Fsp3) is 0.231. The highest BCUT2D eigenvalue weighted by Crippen LogP contribution is 2.17. The number of aryl methyl sites for hydroxylation is 1. The van der Waals surface area contributed by atoms with E-state index in [4.69, 9.17) is 11.6 Å². The molecule has 21 heavy (non-hydrogen) atoms. The Kier molecular flexibility index (Phi) is 3.34. The number of fused-ring (bicyclic) bond motifs is 1. The largest absolute Gasteiger partial charge is 0.373 e. The molecule has 0 aliphatic carbocycles. The van der Waals surface area contributed by atoms with Gasteiger partial charge >= 0.3 is 0 Å².